The fraction of sp³-hybridized carbons (Fsp3) is 0.130. The summed E-state index contributed by atoms with van der Waals surface area (Å²) >= 11 is 0. The van der Waals surface area contributed by atoms with Gasteiger partial charge in [-0.1, -0.05) is 193 Å². The van der Waals surface area contributed by atoms with Crippen molar-refractivity contribution in [2.45, 2.75) is 26.9 Å². The zero-order valence-electron chi connectivity index (χ0n) is 33.3. The number of benzene rings is 6. The Hall–Kier alpha value is -4.36. The highest BCUT2D eigenvalue weighted by Gasteiger charge is 2.62. The molecule has 0 heterocycles. The van der Waals surface area contributed by atoms with Crippen LogP contribution in [0.25, 0.3) is 0 Å². The summed E-state index contributed by atoms with van der Waals surface area (Å²) in [6, 6.07) is 61.8. The van der Waals surface area contributed by atoms with Crippen LogP contribution in [-0.2, 0) is 25.3 Å². The third-order valence-corrected chi connectivity index (χ3v) is 29.7. The molecule has 0 amide bonds. The van der Waals surface area contributed by atoms with Crippen LogP contribution >= 0.6 is 0 Å². The Morgan fingerprint density at radius 2 is 0.544 bits per heavy atom. The van der Waals surface area contributed by atoms with Gasteiger partial charge >= 0.3 is 42.8 Å². The molecule has 6 aromatic carbocycles. The van der Waals surface area contributed by atoms with Gasteiger partial charge in [-0.05, 0) is 58.1 Å². The predicted octanol–water partition coefficient (Wildman–Crippen LogP) is 6.49. The Balaban J connectivity index is 1.79. The van der Waals surface area contributed by atoms with E-state index in [9.17, 15) is 0 Å². The van der Waals surface area contributed by atoms with Crippen LogP contribution in [0.1, 0.15) is 13.8 Å². The molecule has 0 saturated carbocycles. The molecule has 0 radical (unpaired) electrons. The van der Waals surface area contributed by atoms with E-state index in [2.05, 4.69) is 86.0 Å². The van der Waals surface area contributed by atoms with Crippen molar-refractivity contribution >= 4 is 73.9 Å². The second kappa shape index (κ2) is 18.9. The molecule has 6 rings (SSSR count). The first-order chi connectivity index (χ1) is 27.7. The van der Waals surface area contributed by atoms with Crippen LogP contribution in [0.15, 0.2) is 207 Å². The molecule has 0 fully saturated rings. The van der Waals surface area contributed by atoms with Crippen molar-refractivity contribution in [2.75, 3.05) is 13.2 Å². The smallest absolute Gasteiger partial charge is 0.390 e. The fourth-order valence-corrected chi connectivity index (χ4v) is 29.4. The standard InChI is InChI=1S/C46H52O6Si5/c1-7-47-53(5,9-3)49-55(41-29-17-11-18-30-41,42-31-19-12-20-32-42)51-57(45-37-25-15-26-38-45,46-39-27-16-28-40-46)52-56(43-33-21-13-22-34-43,44-35-23-14-24-36-44)50-54(6,10-4)48-8-2/h9-40H,3-4,7-8H2,1-2,5-6H3. The van der Waals surface area contributed by atoms with Crippen LogP contribution in [0.4, 0.5) is 0 Å². The normalized spacial score (nSPS) is 14.2. The van der Waals surface area contributed by atoms with E-state index >= 15 is 0 Å². The molecule has 0 aliphatic heterocycles. The molecule has 0 N–H and O–H groups in total. The first-order valence-corrected chi connectivity index (χ1v) is 29.6. The minimum Gasteiger partial charge on any atom is -0.405 e. The lowest BCUT2D eigenvalue weighted by molar-refractivity contribution is 0.236. The summed E-state index contributed by atoms with van der Waals surface area (Å²) in [6.45, 7) is 17.5. The predicted molar refractivity (Wildman–Crippen MR) is 245 cm³/mol. The van der Waals surface area contributed by atoms with E-state index in [4.69, 9.17) is 25.3 Å². The molecule has 0 aliphatic rings. The topological polar surface area (TPSA) is 55.4 Å². The molecular weight excluding hydrogens is 789 g/mol. The zero-order chi connectivity index (χ0) is 40.2. The van der Waals surface area contributed by atoms with Crippen LogP contribution in [0.2, 0.25) is 13.1 Å². The average molecular weight is 841 g/mol. The van der Waals surface area contributed by atoms with Crippen molar-refractivity contribution in [3.8, 4) is 0 Å². The highest BCUT2D eigenvalue weighted by atomic mass is 28.5. The van der Waals surface area contributed by atoms with Crippen molar-refractivity contribution in [3.63, 3.8) is 0 Å². The van der Waals surface area contributed by atoms with E-state index in [1.165, 1.54) is 0 Å². The summed E-state index contributed by atoms with van der Waals surface area (Å²) in [4.78, 5) is 0. The van der Waals surface area contributed by atoms with E-state index in [1.54, 1.807) is 0 Å². The first-order valence-electron chi connectivity index (χ1n) is 19.4. The molecule has 57 heavy (non-hydrogen) atoms. The maximum absolute atomic E-state index is 8.36. The largest absolute Gasteiger partial charge is 0.405 e. The van der Waals surface area contributed by atoms with Crippen LogP contribution in [0, 0.1) is 0 Å². The van der Waals surface area contributed by atoms with Gasteiger partial charge in [0.25, 0.3) is 0 Å². The van der Waals surface area contributed by atoms with E-state index in [1.807, 2.05) is 148 Å². The molecule has 292 valence electrons. The molecular formula is C46H52O6Si5. The molecule has 0 spiro atoms. The van der Waals surface area contributed by atoms with Crippen molar-refractivity contribution in [2.24, 2.45) is 0 Å². The summed E-state index contributed by atoms with van der Waals surface area (Å²) in [7, 11) is -18.2. The highest BCUT2D eigenvalue weighted by Crippen LogP contribution is 2.29. The van der Waals surface area contributed by atoms with E-state index in [0.29, 0.717) is 13.2 Å². The van der Waals surface area contributed by atoms with Crippen LogP contribution in [-0.4, -0.2) is 56.0 Å². The molecule has 2 unspecified atom stereocenters. The van der Waals surface area contributed by atoms with E-state index in [0.717, 1.165) is 31.1 Å². The van der Waals surface area contributed by atoms with Crippen LogP contribution in [0.5, 0.6) is 0 Å². The summed E-state index contributed by atoms with van der Waals surface area (Å²) in [6.07, 6.45) is 0. The molecule has 0 saturated heterocycles. The Bertz CT molecular complexity index is 1920. The lowest BCUT2D eigenvalue weighted by atomic mass is 10.4. The minimum absolute atomic E-state index is 0.452. The van der Waals surface area contributed by atoms with Crippen LogP contribution in [0.3, 0.4) is 0 Å². The van der Waals surface area contributed by atoms with Gasteiger partial charge < -0.3 is 25.3 Å². The lowest BCUT2D eigenvalue weighted by Crippen LogP contribution is -2.82. The van der Waals surface area contributed by atoms with Gasteiger partial charge in [0.2, 0.25) is 0 Å². The van der Waals surface area contributed by atoms with Gasteiger partial charge in [0.05, 0.1) is 0 Å². The Kier molecular flexibility index (Phi) is 14.0. The maximum atomic E-state index is 8.36. The van der Waals surface area contributed by atoms with Gasteiger partial charge in [-0.3, -0.25) is 0 Å². The van der Waals surface area contributed by atoms with E-state index in [-0.39, 0.29) is 0 Å². The minimum atomic E-state index is -4.08. The van der Waals surface area contributed by atoms with E-state index < -0.39 is 42.8 Å². The second-order valence-electron chi connectivity index (χ2n) is 13.8. The Morgan fingerprint density at radius 3 is 0.719 bits per heavy atom. The summed E-state index contributed by atoms with van der Waals surface area (Å²) in [5.41, 5.74) is 3.70. The number of rotatable bonds is 20. The third-order valence-electron chi connectivity index (χ3n) is 9.79. The second-order valence-corrected chi connectivity index (χ2v) is 29.6. The molecule has 6 nitrogen and oxygen atoms in total. The molecule has 6 aromatic rings. The van der Waals surface area contributed by atoms with Gasteiger partial charge in [0.15, 0.2) is 0 Å². The average Bonchev–Trinajstić information content (AvgIpc) is 3.27. The SMILES string of the molecule is C=C[Si](C)(OCC)O[Si](O[Si](O[Si](O[Si](C)(C=C)OCC)(c1ccccc1)c1ccccc1)(c1ccccc1)c1ccccc1)(c1ccccc1)c1ccccc1. The quantitative estimate of drug-likeness (QED) is 0.0821. The van der Waals surface area contributed by atoms with Crippen molar-refractivity contribution in [1.82, 2.24) is 0 Å². The summed E-state index contributed by atoms with van der Waals surface area (Å²) in [5.74, 6) is 0. The van der Waals surface area contributed by atoms with Gasteiger partial charge in [-0.2, -0.15) is 0 Å². The van der Waals surface area contributed by atoms with Gasteiger partial charge in [0.1, 0.15) is 0 Å². The molecule has 0 aromatic heterocycles. The highest BCUT2D eigenvalue weighted by molar-refractivity contribution is 7.11. The Labute approximate surface area is 344 Å². The summed E-state index contributed by atoms with van der Waals surface area (Å²) in [5, 5.41) is 5.44. The number of hydrogen-bond acceptors (Lipinski definition) is 6. The van der Waals surface area contributed by atoms with Crippen LogP contribution < -0.4 is 31.1 Å². The van der Waals surface area contributed by atoms with Crippen molar-refractivity contribution < 1.29 is 25.3 Å². The monoisotopic (exact) mass is 840 g/mol. The Morgan fingerprint density at radius 1 is 0.351 bits per heavy atom. The zero-order valence-corrected chi connectivity index (χ0v) is 38.3. The third kappa shape index (κ3) is 9.20. The van der Waals surface area contributed by atoms with Gasteiger partial charge in [-0.15, -0.1) is 13.2 Å². The van der Waals surface area contributed by atoms with Crippen molar-refractivity contribution in [1.29, 1.82) is 0 Å². The molecule has 0 aliphatic carbocycles. The van der Waals surface area contributed by atoms with Gasteiger partial charge in [0, 0.05) is 13.2 Å². The van der Waals surface area contributed by atoms with Gasteiger partial charge in [-0.25, -0.2) is 0 Å². The summed E-state index contributed by atoms with van der Waals surface area (Å²) < 4.78 is 45.2. The van der Waals surface area contributed by atoms with Crippen molar-refractivity contribution in [3.05, 3.63) is 207 Å². The fourth-order valence-electron chi connectivity index (χ4n) is 7.02. The lowest BCUT2D eigenvalue weighted by Gasteiger charge is -2.48. The number of hydrogen-bond donors (Lipinski definition) is 0. The molecule has 11 heteroatoms. The molecule has 0 bridgehead atoms. The maximum Gasteiger partial charge on any atom is 0.390 e. The molecule has 2 atom stereocenters. The first kappa shape index (κ1) is 42.3.